The summed E-state index contributed by atoms with van der Waals surface area (Å²) in [6.07, 6.45) is 3.56. The number of cyclic esters (lactones) is 1. The van der Waals surface area contributed by atoms with E-state index in [1.54, 1.807) is 25.4 Å². The van der Waals surface area contributed by atoms with E-state index in [2.05, 4.69) is 54.3 Å². The minimum Gasteiger partial charge on any atom is -0.508 e. The van der Waals surface area contributed by atoms with Crippen LogP contribution >= 0.6 is 0 Å². The van der Waals surface area contributed by atoms with E-state index in [4.69, 9.17) is 14.5 Å². The van der Waals surface area contributed by atoms with E-state index in [0.29, 0.717) is 43.4 Å². The van der Waals surface area contributed by atoms with Crippen LogP contribution in [0.1, 0.15) is 76.3 Å². The molecule has 2 aromatic heterocycles. The van der Waals surface area contributed by atoms with Gasteiger partial charge in [0.2, 0.25) is 5.91 Å². The maximum atomic E-state index is 14.4. The van der Waals surface area contributed by atoms with Crippen molar-refractivity contribution >= 4 is 28.7 Å². The molecule has 2 aliphatic carbocycles. The number of aromatic nitrogens is 2. The smallest absolute Gasteiger partial charge is 0.324 e. The maximum absolute atomic E-state index is 14.4. The number of aromatic hydroxyl groups is 1. The third kappa shape index (κ3) is 7.17. The molecule has 3 fully saturated rings. The van der Waals surface area contributed by atoms with Gasteiger partial charge >= 0.3 is 5.97 Å². The Morgan fingerprint density at radius 3 is 2.67 bits per heavy atom. The number of pyridine rings is 1. The summed E-state index contributed by atoms with van der Waals surface area (Å²) in [7, 11) is 1.66. The molecule has 4 heterocycles. The molecular weight excluding hydrogens is 733 g/mol. The number of nitrogens with zero attached hydrogens (tertiary/aromatic N) is 3. The molecule has 2 aromatic carbocycles. The zero-order valence-corrected chi connectivity index (χ0v) is 33.1. The highest BCUT2D eigenvalue weighted by molar-refractivity contribution is 5.95. The number of phenols is 1. The second kappa shape index (κ2) is 14.8. The molecule has 0 radical (unpaired) electrons. The molecule has 3 N–H and O–H groups in total. The Balaban J connectivity index is 1.25. The molecule has 3 unspecified atom stereocenters. The molecule has 2 saturated carbocycles. The number of hydrogen-bond acceptors (Lipinski definition) is 8. The quantitative estimate of drug-likeness (QED) is 0.183. The largest absolute Gasteiger partial charge is 0.508 e. The van der Waals surface area contributed by atoms with Crippen LogP contribution in [0.3, 0.4) is 0 Å². The number of methoxy groups -OCH3 is 1. The van der Waals surface area contributed by atoms with Crippen LogP contribution in [-0.2, 0) is 43.2 Å². The van der Waals surface area contributed by atoms with Gasteiger partial charge in [-0.2, -0.15) is 0 Å². The van der Waals surface area contributed by atoms with Gasteiger partial charge in [0.05, 0.1) is 24.1 Å². The third-order valence-electron chi connectivity index (χ3n) is 12.5. The summed E-state index contributed by atoms with van der Waals surface area (Å²) in [6.45, 7) is 9.24. The molecule has 6 atom stereocenters. The second-order valence-corrected chi connectivity index (χ2v) is 17.0. The average molecular weight is 784 g/mol. The van der Waals surface area contributed by atoms with Crippen LogP contribution in [0, 0.1) is 23.2 Å². The van der Waals surface area contributed by atoms with Gasteiger partial charge in [0.25, 0.3) is 11.8 Å². The van der Waals surface area contributed by atoms with Crippen molar-refractivity contribution in [2.24, 2.45) is 23.2 Å². The lowest BCUT2D eigenvalue weighted by Gasteiger charge is -2.36. The number of fused-ring (bicyclic) bond motifs is 7. The van der Waals surface area contributed by atoms with Crippen LogP contribution in [0.2, 0.25) is 0 Å². The topological polar surface area (TPSA) is 135 Å². The van der Waals surface area contributed by atoms with Crippen molar-refractivity contribution in [2.45, 2.75) is 96.9 Å². The van der Waals surface area contributed by atoms with Crippen LogP contribution < -0.4 is 10.7 Å². The summed E-state index contributed by atoms with van der Waals surface area (Å²) in [4.78, 5) is 46.4. The summed E-state index contributed by atoms with van der Waals surface area (Å²) >= 11 is 0. The molecule has 302 valence electrons. The number of phenolic OH excluding ortho intramolecular Hbond substituents is 1. The Morgan fingerprint density at radius 1 is 1.12 bits per heavy atom. The Morgan fingerprint density at radius 2 is 1.93 bits per heavy atom. The number of rotatable bonds is 6. The predicted octanol–water partition coefficient (Wildman–Crippen LogP) is 6.74. The van der Waals surface area contributed by atoms with Gasteiger partial charge in [-0.05, 0) is 105 Å². The predicted molar refractivity (Wildman–Crippen MR) is 210 cm³/mol. The zero-order valence-electron chi connectivity index (χ0n) is 33.1. The fourth-order valence-electron chi connectivity index (χ4n) is 9.52. The maximum Gasteiger partial charge on any atom is 0.324 e. The highest BCUT2D eigenvalue weighted by Crippen LogP contribution is 2.66. The van der Waals surface area contributed by atoms with Gasteiger partial charge in [-0.25, -0.2) is 14.2 Å². The summed E-state index contributed by atoms with van der Waals surface area (Å²) in [5.41, 5.74) is 9.42. The Labute approximate surface area is 331 Å². The number of carbonyl (C=O) groups is 3. The zero-order chi connectivity index (χ0) is 40.4. The number of carbonyl (C=O) groups excluding carboxylic acids is 3. The standard InChI is InChI=1S/C44H51F2N5O6/c1-6-50-36-14-11-26-21-31(36)32(39(50)30-9-7-15-47-38(30)24(2)56-5)22-43(3,4)23-57-42(55)34-10-8-16-51(49-34)41(54)35(19-25-17-27(26)20-28(52)18-25)48-40(53)29-12-13-33-37(29)44(33,45)46/h7,9,11,14-15,17-18,20-21,24,29,33-35,37,49,52H,6,8,10,12-13,16,19,22-23H2,1-5H3,(H,48,53)/t24-,29?,33?,34-,35-,37?/m0/s1. The van der Waals surface area contributed by atoms with E-state index >= 15 is 0 Å². The van der Waals surface area contributed by atoms with Gasteiger partial charge in [-0.15, -0.1) is 0 Å². The normalized spacial score (nSPS) is 26.0. The fraction of sp³-hybridized carbons (Fsp3) is 0.500. The average Bonchev–Trinajstić information content (AvgIpc) is 3.49. The number of nitrogens with one attached hydrogen (secondary N) is 2. The molecule has 4 aromatic rings. The Bertz CT molecular complexity index is 2240. The molecule has 11 nitrogen and oxygen atoms in total. The van der Waals surface area contributed by atoms with Gasteiger partial charge < -0.3 is 24.5 Å². The van der Waals surface area contributed by atoms with Crippen LogP contribution in [0.5, 0.6) is 5.75 Å². The number of halogens is 2. The van der Waals surface area contributed by atoms with Crippen LogP contribution in [0.15, 0.2) is 54.7 Å². The van der Waals surface area contributed by atoms with Gasteiger partial charge in [0, 0.05) is 72.5 Å². The van der Waals surface area contributed by atoms with Crippen molar-refractivity contribution in [3.63, 3.8) is 0 Å². The van der Waals surface area contributed by atoms with Crippen molar-refractivity contribution < 1.29 is 37.7 Å². The van der Waals surface area contributed by atoms with Crippen molar-refractivity contribution in [2.75, 3.05) is 20.3 Å². The highest BCUT2D eigenvalue weighted by Gasteiger charge is 2.74. The first-order valence-electron chi connectivity index (χ1n) is 20.1. The van der Waals surface area contributed by atoms with Crippen LogP contribution in [0.4, 0.5) is 8.78 Å². The number of hydrazine groups is 1. The monoisotopic (exact) mass is 783 g/mol. The first kappa shape index (κ1) is 39.0. The van der Waals surface area contributed by atoms with E-state index in [9.17, 15) is 28.3 Å². The van der Waals surface area contributed by atoms with Crippen molar-refractivity contribution in [1.82, 2.24) is 25.3 Å². The molecule has 0 spiro atoms. The molecule has 2 aliphatic heterocycles. The summed E-state index contributed by atoms with van der Waals surface area (Å²) in [5.74, 6) is -7.18. The van der Waals surface area contributed by atoms with E-state index < -0.39 is 59.0 Å². The first-order valence-corrected chi connectivity index (χ1v) is 20.1. The van der Waals surface area contributed by atoms with Crippen LogP contribution in [-0.4, -0.2) is 75.7 Å². The number of benzene rings is 2. The van der Waals surface area contributed by atoms with E-state index in [-0.39, 0.29) is 37.8 Å². The molecule has 1 saturated heterocycles. The second-order valence-electron chi connectivity index (χ2n) is 17.0. The van der Waals surface area contributed by atoms with E-state index in [1.807, 2.05) is 25.1 Å². The summed E-state index contributed by atoms with van der Waals surface area (Å²) in [6, 6.07) is 13.3. The van der Waals surface area contributed by atoms with Crippen molar-refractivity contribution in [3.8, 4) is 28.1 Å². The fourth-order valence-corrected chi connectivity index (χ4v) is 9.52. The molecule has 8 rings (SSSR count). The summed E-state index contributed by atoms with van der Waals surface area (Å²) in [5, 5.41) is 16.3. The van der Waals surface area contributed by atoms with Gasteiger partial charge in [0.1, 0.15) is 17.8 Å². The Kier molecular flexibility index (Phi) is 10.1. The lowest BCUT2D eigenvalue weighted by Crippen LogP contribution is -2.60. The van der Waals surface area contributed by atoms with Gasteiger partial charge in [-0.1, -0.05) is 26.0 Å². The molecule has 13 heteroatoms. The lowest BCUT2D eigenvalue weighted by molar-refractivity contribution is -0.155. The highest BCUT2D eigenvalue weighted by atomic mass is 19.3. The van der Waals surface area contributed by atoms with Gasteiger partial charge in [0.15, 0.2) is 0 Å². The number of aryl methyl sites for hydroxylation is 1. The molecule has 2 amide bonds. The Hall–Kier alpha value is -4.88. The molecule has 4 aliphatic rings. The number of esters is 1. The third-order valence-corrected chi connectivity index (χ3v) is 12.5. The minimum absolute atomic E-state index is 0.0179. The molecule has 57 heavy (non-hydrogen) atoms. The van der Waals surface area contributed by atoms with Crippen molar-refractivity contribution in [1.29, 1.82) is 0 Å². The SMILES string of the molecule is CCn1c(-c2cccnc2[C@H](C)OC)c2c3cc(ccc31)-c1cc(O)cc(c1)C[C@H](NC(=O)C1CCC3C1C3(F)F)C(=O)N1CCC[C@H](N1)C(=O)OCC(C)(C)C2. The van der Waals surface area contributed by atoms with Crippen LogP contribution in [0.25, 0.3) is 33.3 Å². The van der Waals surface area contributed by atoms with Gasteiger partial charge in [-0.3, -0.25) is 24.4 Å². The van der Waals surface area contributed by atoms with Crippen molar-refractivity contribution in [3.05, 3.63) is 71.5 Å². The minimum atomic E-state index is -2.87. The van der Waals surface area contributed by atoms with E-state index in [1.165, 1.54) is 5.01 Å². The number of alkyl halides is 2. The number of hydrogen-bond donors (Lipinski definition) is 3. The lowest BCUT2D eigenvalue weighted by atomic mass is 9.84. The summed E-state index contributed by atoms with van der Waals surface area (Å²) < 4.78 is 43.0. The first-order chi connectivity index (χ1) is 27.2. The molecular formula is C44H51F2N5O6. The number of ether oxygens (including phenoxy) is 2. The molecule has 6 bridgehead atoms. The van der Waals surface area contributed by atoms with E-state index in [0.717, 1.165) is 39.0 Å². The number of amides is 2.